The van der Waals surface area contributed by atoms with E-state index in [1.165, 1.54) is 6.20 Å². The van der Waals surface area contributed by atoms with Crippen LogP contribution < -0.4 is 11.2 Å². The fraction of sp³-hybridized carbons (Fsp3) is 0.600. The molecule has 1 aliphatic rings. The summed E-state index contributed by atoms with van der Waals surface area (Å²) in [5.41, 5.74) is -1.32. The molecule has 4 N–H and O–H groups in total. The van der Waals surface area contributed by atoms with Crippen molar-refractivity contribution >= 4 is 0 Å². The average molecular weight is 258 g/mol. The summed E-state index contributed by atoms with van der Waals surface area (Å²) in [5, 5.41) is 27.5. The molecule has 1 aromatic heterocycles. The number of aliphatic hydroxyl groups excluding tert-OH is 3. The van der Waals surface area contributed by atoms with Gasteiger partial charge in [-0.05, 0) is 0 Å². The first-order valence-corrected chi connectivity index (χ1v) is 5.46. The lowest BCUT2D eigenvalue weighted by atomic mass is 10.2. The quantitative estimate of drug-likeness (QED) is 0.482. The Hall–Kier alpha value is -1.48. The number of nitrogens with zero attached hydrogens (tertiary/aromatic N) is 1. The Bertz CT molecular complexity index is 536. The van der Waals surface area contributed by atoms with Gasteiger partial charge < -0.3 is 20.1 Å². The van der Waals surface area contributed by atoms with E-state index in [4.69, 9.17) is 14.9 Å². The summed E-state index contributed by atoms with van der Waals surface area (Å²) in [4.78, 5) is 24.9. The Balaban J connectivity index is 2.35. The van der Waals surface area contributed by atoms with Crippen LogP contribution in [0.2, 0.25) is 0 Å². The third kappa shape index (κ3) is 2.23. The molecular formula is C10H14N2O6. The van der Waals surface area contributed by atoms with Crippen molar-refractivity contribution in [2.45, 2.75) is 31.5 Å². The van der Waals surface area contributed by atoms with Crippen LogP contribution in [0.15, 0.2) is 15.8 Å². The van der Waals surface area contributed by atoms with E-state index in [0.29, 0.717) is 0 Å². The Morgan fingerprint density at radius 1 is 1.44 bits per heavy atom. The van der Waals surface area contributed by atoms with Crippen LogP contribution in [0.1, 0.15) is 18.2 Å². The number of aliphatic hydroxyl groups is 3. The Morgan fingerprint density at radius 3 is 2.72 bits per heavy atom. The second-order valence-corrected chi connectivity index (χ2v) is 4.09. The van der Waals surface area contributed by atoms with Gasteiger partial charge >= 0.3 is 5.69 Å². The van der Waals surface area contributed by atoms with E-state index in [1.54, 1.807) is 0 Å². The number of ether oxygens (including phenoxy) is 1. The molecule has 100 valence electrons. The van der Waals surface area contributed by atoms with Gasteiger partial charge in [-0.15, -0.1) is 0 Å². The van der Waals surface area contributed by atoms with Gasteiger partial charge in [0, 0.05) is 12.6 Å². The van der Waals surface area contributed by atoms with Crippen molar-refractivity contribution in [3.63, 3.8) is 0 Å². The monoisotopic (exact) mass is 258 g/mol. The zero-order valence-corrected chi connectivity index (χ0v) is 9.44. The molecule has 8 nitrogen and oxygen atoms in total. The molecule has 18 heavy (non-hydrogen) atoms. The minimum absolute atomic E-state index is 0.0279. The van der Waals surface area contributed by atoms with Crippen LogP contribution in [-0.4, -0.2) is 43.7 Å². The second-order valence-electron chi connectivity index (χ2n) is 4.09. The molecule has 2 rings (SSSR count). The van der Waals surface area contributed by atoms with Crippen LogP contribution in [0.5, 0.6) is 0 Å². The van der Waals surface area contributed by atoms with E-state index in [0.717, 1.165) is 4.57 Å². The van der Waals surface area contributed by atoms with Gasteiger partial charge in [0.15, 0.2) is 0 Å². The first-order valence-electron chi connectivity index (χ1n) is 5.46. The van der Waals surface area contributed by atoms with Crippen LogP contribution >= 0.6 is 0 Å². The van der Waals surface area contributed by atoms with E-state index >= 15 is 0 Å². The molecule has 1 fully saturated rings. The Labute approximate surface area is 101 Å². The van der Waals surface area contributed by atoms with Gasteiger partial charge in [-0.3, -0.25) is 14.3 Å². The lowest BCUT2D eigenvalue weighted by Gasteiger charge is -2.14. The molecule has 0 radical (unpaired) electrons. The van der Waals surface area contributed by atoms with Crippen molar-refractivity contribution in [3.8, 4) is 0 Å². The highest BCUT2D eigenvalue weighted by molar-refractivity contribution is 5.03. The highest BCUT2D eigenvalue weighted by Gasteiger charge is 2.35. The number of aromatic nitrogens is 2. The zero-order chi connectivity index (χ0) is 13.3. The maximum atomic E-state index is 11.6. The van der Waals surface area contributed by atoms with E-state index < -0.39 is 36.3 Å². The van der Waals surface area contributed by atoms with Crippen molar-refractivity contribution < 1.29 is 20.1 Å². The first kappa shape index (κ1) is 13.0. The normalized spacial score (nSPS) is 27.6. The number of rotatable bonds is 3. The van der Waals surface area contributed by atoms with Crippen LogP contribution in [0.3, 0.4) is 0 Å². The largest absolute Gasteiger partial charge is 0.394 e. The summed E-state index contributed by atoms with van der Waals surface area (Å²) in [7, 11) is 0. The van der Waals surface area contributed by atoms with E-state index in [1.807, 2.05) is 0 Å². The summed E-state index contributed by atoms with van der Waals surface area (Å²) in [6, 6.07) is 0. The summed E-state index contributed by atoms with van der Waals surface area (Å²) in [5.74, 6) is 0. The molecule has 0 spiro atoms. The molecule has 0 aliphatic carbocycles. The van der Waals surface area contributed by atoms with Crippen molar-refractivity contribution in [3.05, 3.63) is 32.6 Å². The predicted molar refractivity (Wildman–Crippen MR) is 58.9 cm³/mol. The van der Waals surface area contributed by atoms with Gasteiger partial charge in [0.25, 0.3) is 5.56 Å². The predicted octanol–water partition coefficient (Wildman–Crippen LogP) is -2.33. The van der Waals surface area contributed by atoms with Gasteiger partial charge in [0.2, 0.25) is 0 Å². The Morgan fingerprint density at radius 2 is 2.17 bits per heavy atom. The molecule has 0 unspecified atom stereocenters. The SMILES string of the molecule is O=c1[nH]c(=O)n([C@H]2C[C@H](O)[C@H](CO)O2)cc1CO. The lowest BCUT2D eigenvalue weighted by Crippen LogP contribution is -2.34. The van der Waals surface area contributed by atoms with Crippen LogP contribution in [0, 0.1) is 0 Å². The first-order chi connectivity index (χ1) is 8.56. The molecule has 2 heterocycles. The molecule has 0 bridgehead atoms. The van der Waals surface area contributed by atoms with E-state index in [9.17, 15) is 14.7 Å². The summed E-state index contributed by atoms with van der Waals surface area (Å²) in [6.07, 6.45) is -1.09. The molecule has 8 heteroatoms. The molecule has 0 saturated carbocycles. The molecule has 1 aliphatic heterocycles. The Kier molecular flexibility index (Phi) is 3.62. The summed E-state index contributed by atoms with van der Waals surface area (Å²) in [6.45, 7) is -0.864. The minimum atomic E-state index is -0.878. The number of H-pyrrole nitrogens is 1. The fourth-order valence-corrected chi connectivity index (χ4v) is 1.90. The van der Waals surface area contributed by atoms with E-state index in [2.05, 4.69) is 4.98 Å². The third-order valence-corrected chi connectivity index (χ3v) is 2.91. The van der Waals surface area contributed by atoms with Crippen molar-refractivity contribution in [1.29, 1.82) is 0 Å². The van der Waals surface area contributed by atoms with E-state index in [-0.39, 0.29) is 18.6 Å². The maximum Gasteiger partial charge on any atom is 0.330 e. The molecule has 1 aromatic rings. The highest BCUT2D eigenvalue weighted by Crippen LogP contribution is 2.27. The average Bonchev–Trinajstić information content (AvgIpc) is 2.70. The number of hydrogen-bond donors (Lipinski definition) is 4. The highest BCUT2D eigenvalue weighted by atomic mass is 16.5. The zero-order valence-electron chi connectivity index (χ0n) is 9.44. The van der Waals surface area contributed by atoms with Crippen LogP contribution in [0.4, 0.5) is 0 Å². The summed E-state index contributed by atoms with van der Waals surface area (Å²) >= 11 is 0. The molecule has 0 aromatic carbocycles. The third-order valence-electron chi connectivity index (χ3n) is 2.91. The van der Waals surface area contributed by atoms with Gasteiger partial charge in [0.1, 0.15) is 12.3 Å². The lowest BCUT2D eigenvalue weighted by molar-refractivity contribution is -0.0460. The minimum Gasteiger partial charge on any atom is -0.394 e. The van der Waals surface area contributed by atoms with Crippen molar-refractivity contribution in [1.82, 2.24) is 9.55 Å². The number of nitrogens with one attached hydrogen (secondary N) is 1. The van der Waals surface area contributed by atoms with Gasteiger partial charge in [0.05, 0.1) is 24.9 Å². The molecular weight excluding hydrogens is 244 g/mol. The second kappa shape index (κ2) is 5.02. The van der Waals surface area contributed by atoms with Gasteiger partial charge in [-0.25, -0.2) is 4.79 Å². The van der Waals surface area contributed by atoms with Crippen molar-refractivity contribution in [2.24, 2.45) is 0 Å². The summed E-state index contributed by atoms with van der Waals surface area (Å²) < 4.78 is 6.38. The topological polar surface area (TPSA) is 125 Å². The van der Waals surface area contributed by atoms with Crippen LogP contribution in [0.25, 0.3) is 0 Å². The standard InChI is InChI=1S/C10H14N2O6/c13-3-5-2-12(10(17)11-9(5)16)8-1-6(15)7(4-14)18-8/h2,6-8,13-15H,1,3-4H2,(H,11,16,17)/t6-,7-,8+/m0/s1. The van der Waals surface area contributed by atoms with Crippen molar-refractivity contribution in [2.75, 3.05) is 6.61 Å². The molecule has 0 amide bonds. The van der Waals surface area contributed by atoms with Gasteiger partial charge in [-0.2, -0.15) is 0 Å². The molecule has 1 saturated heterocycles. The fourth-order valence-electron chi connectivity index (χ4n) is 1.90. The molecule has 3 atom stereocenters. The van der Waals surface area contributed by atoms with Gasteiger partial charge in [-0.1, -0.05) is 0 Å². The number of hydrogen-bond acceptors (Lipinski definition) is 6. The maximum absolute atomic E-state index is 11.6. The number of aromatic amines is 1. The smallest absolute Gasteiger partial charge is 0.330 e. The van der Waals surface area contributed by atoms with Crippen LogP contribution in [-0.2, 0) is 11.3 Å².